The van der Waals surface area contributed by atoms with Crippen LogP contribution in [0, 0.1) is 71.0 Å². The van der Waals surface area contributed by atoms with Crippen LogP contribution in [0.1, 0.15) is 147 Å². The molecule has 16 unspecified atom stereocenters. The average molecular weight is 789 g/mol. The molecule has 10 nitrogen and oxygen atoms in total. The first-order valence-electron chi connectivity index (χ1n) is 23.0. The van der Waals surface area contributed by atoms with Crippen molar-refractivity contribution in [2.24, 2.45) is 71.0 Å². The van der Waals surface area contributed by atoms with E-state index in [0.717, 1.165) is 44.1 Å². The molecule has 12 aliphatic rings. The maximum Gasteiger partial charge on any atom is 0.312 e. The number of fused-ring (bicyclic) bond motifs is 20. The molecule has 12 rings (SSSR count). The molecule has 0 radical (unpaired) electrons. The van der Waals surface area contributed by atoms with Crippen LogP contribution in [-0.2, 0) is 47.6 Å². The minimum Gasteiger partial charge on any atom is -0.465 e. The van der Waals surface area contributed by atoms with E-state index in [-0.39, 0.29) is 71.1 Å². The molecule has 8 aliphatic heterocycles. The van der Waals surface area contributed by atoms with Gasteiger partial charge in [0.1, 0.15) is 11.2 Å². The maximum atomic E-state index is 11.6. The third-order valence-corrected chi connectivity index (χ3v) is 15.0. The molecule has 0 N–H and O–H groups in total. The van der Waals surface area contributed by atoms with Gasteiger partial charge in [0, 0.05) is 23.7 Å². The summed E-state index contributed by atoms with van der Waals surface area (Å²) in [6, 6.07) is 0. The zero-order valence-electron chi connectivity index (χ0n) is 36.8. The van der Waals surface area contributed by atoms with Crippen LogP contribution in [0.2, 0.25) is 0 Å². The summed E-state index contributed by atoms with van der Waals surface area (Å²) in [5.41, 5.74) is -0.483. The van der Waals surface area contributed by atoms with E-state index in [1.165, 1.54) is 38.5 Å². The standard InChI is InChI=1S/C11H16O2.C10H14O3.C9H12O2.C8H10O3.4C2H6/c1-11(2)9-7-4-3-6(5-7)8(9)10(12)13-11;1-10(2)8-6-4-3-5(12-6)7(8)9(11)13-10;10-9-8-6-2-1-5(3-6)7(8)4-11-9;9-8-7-4(3-10-8)5-1-2-6(7)11-5;4*1-2/h6-9H,3-5H2,1-2H3;5-8H,3-4H2,1-2H3;5-8H,1-4H2;4-7H,1-3H2;4*1-2H3. The van der Waals surface area contributed by atoms with E-state index in [9.17, 15) is 19.2 Å². The third-order valence-electron chi connectivity index (χ3n) is 15.0. The Hall–Kier alpha value is -2.20. The Morgan fingerprint density at radius 2 is 0.839 bits per heavy atom. The van der Waals surface area contributed by atoms with Crippen molar-refractivity contribution in [3.63, 3.8) is 0 Å². The van der Waals surface area contributed by atoms with E-state index < -0.39 is 0 Å². The Morgan fingerprint density at radius 1 is 0.411 bits per heavy atom. The average Bonchev–Trinajstić information content (AvgIpc) is 4.05. The molecule has 56 heavy (non-hydrogen) atoms. The van der Waals surface area contributed by atoms with Gasteiger partial charge >= 0.3 is 23.9 Å². The van der Waals surface area contributed by atoms with Gasteiger partial charge in [0.05, 0.1) is 61.3 Å². The quantitative estimate of drug-likeness (QED) is 0.174. The van der Waals surface area contributed by atoms with Crippen molar-refractivity contribution in [2.75, 3.05) is 13.2 Å². The molecule has 8 heterocycles. The number of cyclic esters (lactones) is 4. The van der Waals surface area contributed by atoms with Crippen LogP contribution < -0.4 is 0 Å². The highest BCUT2D eigenvalue weighted by Crippen LogP contribution is 2.60. The highest BCUT2D eigenvalue weighted by atomic mass is 16.6. The molecule has 0 aromatic heterocycles. The minimum atomic E-state index is -0.304. The fourth-order valence-corrected chi connectivity index (χ4v) is 13.2. The topological polar surface area (TPSA) is 124 Å². The zero-order chi connectivity index (χ0) is 41.3. The van der Waals surface area contributed by atoms with Crippen molar-refractivity contribution in [3.05, 3.63) is 0 Å². The van der Waals surface area contributed by atoms with Crippen molar-refractivity contribution in [1.29, 1.82) is 0 Å². The van der Waals surface area contributed by atoms with Crippen LogP contribution >= 0.6 is 0 Å². The predicted octanol–water partition coefficient (Wildman–Crippen LogP) is 8.75. The summed E-state index contributed by atoms with van der Waals surface area (Å²) in [5.74, 6) is 5.61. The van der Waals surface area contributed by atoms with E-state index in [1.54, 1.807) is 0 Å². The third kappa shape index (κ3) is 7.93. The van der Waals surface area contributed by atoms with E-state index >= 15 is 0 Å². The molecule has 16 atom stereocenters. The predicted molar refractivity (Wildman–Crippen MR) is 213 cm³/mol. The van der Waals surface area contributed by atoms with Crippen LogP contribution in [0.25, 0.3) is 0 Å². The number of hydrogen-bond donors (Lipinski definition) is 0. The molecule has 0 spiro atoms. The Labute approximate surface area is 337 Å². The van der Waals surface area contributed by atoms with E-state index in [4.69, 9.17) is 28.4 Å². The largest absolute Gasteiger partial charge is 0.465 e. The molecule has 8 bridgehead atoms. The summed E-state index contributed by atoms with van der Waals surface area (Å²) in [6.07, 6.45) is 13.1. The lowest BCUT2D eigenvalue weighted by Gasteiger charge is -2.30. The summed E-state index contributed by atoms with van der Waals surface area (Å²) < 4.78 is 32.2. The molecular weight excluding hydrogens is 712 g/mol. The molecule has 0 aromatic rings. The molecule has 0 amide bonds. The van der Waals surface area contributed by atoms with Crippen molar-refractivity contribution in [1.82, 2.24) is 0 Å². The van der Waals surface area contributed by atoms with Gasteiger partial charge < -0.3 is 28.4 Å². The van der Waals surface area contributed by atoms with E-state index in [0.29, 0.717) is 54.1 Å². The van der Waals surface area contributed by atoms with Crippen molar-refractivity contribution in [3.8, 4) is 0 Å². The summed E-state index contributed by atoms with van der Waals surface area (Å²) in [5, 5.41) is 0. The van der Waals surface area contributed by atoms with Gasteiger partial charge in [0.25, 0.3) is 0 Å². The van der Waals surface area contributed by atoms with Crippen molar-refractivity contribution < 1.29 is 47.6 Å². The Kier molecular flexibility index (Phi) is 14.7. The molecule has 4 aliphatic carbocycles. The number of rotatable bonds is 0. The van der Waals surface area contributed by atoms with Crippen molar-refractivity contribution in [2.45, 2.75) is 183 Å². The molecule has 320 valence electrons. The van der Waals surface area contributed by atoms with Crippen LogP contribution in [0.5, 0.6) is 0 Å². The number of carbonyl (C=O) groups excluding carboxylic acids is 4. The lowest BCUT2D eigenvalue weighted by Crippen LogP contribution is -2.37. The molecule has 4 saturated carbocycles. The second-order valence-electron chi connectivity index (χ2n) is 18.0. The molecule has 10 heteroatoms. The van der Waals surface area contributed by atoms with Crippen LogP contribution in [0.4, 0.5) is 0 Å². The number of hydrogen-bond acceptors (Lipinski definition) is 10. The first-order chi connectivity index (χ1) is 26.9. The first kappa shape index (κ1) is 44.9. The smallest absolute Gasteiger partial charge is 0.312 e. The van der Waals surface area contributed by atoms with Gasteiger partial charge in [-0.15, -0.1) is 0 Å². The van der Waals surface area contributed by atoms with E-state index in [1.807, 2.05) is 69.2 Å². The first-order valence-corrected chi connectivity index (χ1v) is 23.0. The normalized spacial score (nSPS) is 44.8. The molecule has 12 fully saturated rings. The van der Waals surface area contributed by atoms with Gasteiger partial charge in [-0.25, -0.2) is 0 Å². The lowest BCUT2D eigenvalue weighted by molar-refractivity contribution is -0.153. The fourth-order valence-electron chi connectivity index (χ4n) is 13.2. The van der Waals surface area contributed by atoms with Crippen molar-refractivity contribution >= 4 is 23.9 Å². The Bertz CT molecular complexity index is 1270. The second-order valence-corrected chi connectivity index (χ2v) is 18.0. The zero-order valence-corrected chi connectivity index (χ0v) is 36.8. The van der Waals surface area contributed by atoms with Gasteiger partial charge in [0.15, 0.2) is 0 Å². The van der Waals surface area contributed by atoms with E-state index in [2.05, 4.69) is 13.8 Å². The summed E-state index contributed by atoms with van der Waals surface area (Å²) >= 11 is 0. The maximum absolute atomic E-state index is 11.6. The second kappa shape index (κ2) is 18.4. The SMILES string of the molecule is CC.CC.CC.CC.CC1(C)OC(=O)C2C3CCC(C3)C21.CC1(C)OC(=O)C2C3CCC(O3)C21.O=C1OCC2C3CCC(C3)C12.O=C1OCC2C3CCC(O3)C12. The number of carbonyl (C=O) groups is 4. The van der Waals surface area contributed by atoms with Gasteiger partial charge in [-0.1, -0.05) is 55.4 Å². The number of esters is 4. The molecule has 8 saturated heterocycles. The van der Waals surface area contributed by atoms with Gasteiger partial charge in [-0.2, -0.15) is 0 Å². The molecular formula is C46H76O10. The molecule has 0 aromatic carbocycles. The summed E-state index contributed by atoms with van der Waals surface area (Å²) in [4.78, 5) is 45.6. The van der Waals surface area contributed by atoms with Crippen LogP contribution in [-0.4, -0.2) is 72.7 Å². The summed E-state index contributed by atoms with van der Waals surface area (Å²) in [7, 11) is 0. The van der Waals surface area contributed by atoms with Crippen LogP contribution in [0.15, 0.2) is 0 Å². The van der Waals surface area contributed by atoms with Gasteiger partial charge in [-0.3, -0.25) is 19.2 Å². The monoisotopic (exact) mass is 789 g/mol. The van der Waals surface area contributed by atoms with Gasteiger partial charge in [-0.05, 0) is 116 Å². The minimum absolute atomic E-state index is 0.0257. The van der Waals surface area contributed by atoms with Gasteiger partial charge in [0.2, 0.25) is 0 Å². The number of ether oxygens (including phenoxy) is 6. The highest BCUT2D eigenvalue weighted by Gasteiger charge is 2.64. The Balaban J connectivity index is 0.000000135. The fraction of sp³-hybridized carbons (Fsp3) is 0.913. The van der Waals surface area contributed by atoms with Crippen LogP contribution in [0.3, 0.4) is 0 Å². The highest BCUT2D eigenvalue weighted by molar-refractivity contribution is 5.78. The Morgan fingerprint density at radius 3 is 1.41 bits per heavy atom. The summed E-state index contributed by atoms with van der Waals surface area (Å²) in [6.45, 7) is 25.5. The lowest BCUT2D eigenvalue weighted by atomic mass is 9.74.